The van der Waals surface area contributed by atoms with Crippen LogP contribution in [0.4, 0.5) is 0 Å². The first-order valence-electron chi connectivity index (χ1n) is 5.69. The molecular weight excluding hydrogens is 228 g/mol. The summed E-state index contributed by atoms with van der Waals surface area (Å²) in [5.74, 6) is 0.291. The highest BCUT2D eigenvalue weighted by Gasteiger charge is 2.09. The van der Waals surface area contributed by atoms with E-state index in [4.69, 9.17) is 4.74 Å². The van der Waals surface area contributed by atoms with E-state index in [2.05, 4.69) is 17.6 Å². The van der Waals surface area contributed by atoms with Crippen LogP contribution in [0.1, 0.15) is 26.7 Å². The van der Waals surface area contributed by atoms with E-state index in [1.807, 2.05) is 6.92 Å². The Hall–Kier alpha value is -0.320. The second kappa shape index (κ2) is 12.7. The minimum absolute atomic E-state index is 0. The second-order valence-corrected chi connectivity index (χ2v) is 3.72. The van der Waals surface area contributed by atoms with Crippen LogP contribution in [-0.2, 0) is 9.53 Å². The maximum absolute atomic E-state index is 11.5. The summed E-state index contributed by atoms with van der Waals surface area (Å²) in [5, 5.41) is 6.07. The number of halogens is 1. The second-order valence-electron chi connectivity index (χ2n) is 3.72. The van der Waals surface area contributed by atoms with E-state index in [1.165, 1.54) is 0 Å². The summed E-state index contributed by atoms with van der Waals surface area (Å²) in [5.41, 5.74) is 0. The molecule has 0 aromatic heterocycles. The molecule has 2 N–H and O–H groups in total. The lowest BCUT2D eigenvalue weighted by Crippen LogP contribution is -2.35. The molecule has 0 heterocycles. The number of ether oxygens (including phenoxy) is 1. The molecule has 0 aliphatic rings. The monoisotopic (exact) mass is 252 g/mol. The minimum Gasteiger partial charge on any atom is -0.383 e. The van der Waals surface area contributed by atoms with Gasteiger partial charge >= 0.3 is 0 Å². The van der Waals surface area contributed by atoms with Gasteiger partial charge in [0.1, 0.15) is 0 Å². The first-order valence-corrected chi connectivity index (χ1v) is 5.69. The molecule has 0 rings (SSSR count). The van der Waals surface area contributed by atoms with Crippen molar-refractivity contribution in [2.24, 2.45) is 5.92 Å². The number of methoxy groups -OCH3 is 1. The zero-order valence-corrected chi connectivity index (χ0v) is 11.4. The van der Waals surface area contributed by atoms with Crippen LogP contribution in [0.3, 0.4) is 0 Å². The van der Waals surface area contributed by atoms with Crippen molar-refractivity contribution in [3.63, 3.8) is 0 Å². The molecule has 0 fully saturated rings. The van der Waals surface area contributed by atoms with Crippen LogP contribution in [-0.4, -0.2) is 39.3 Å². The molecule has 1 atom stereocenters. The molecule has 1 unspecified atom stereocenters. The molecule has 0 aliphatic heterocycles. The van der Waals surface area contributed by atoms with Gasteiger partial charge in [0.05, 0.1) is 6.61 Å². The maximum Gasteiger partial charge on any atom is 0.222 e. The van der Waals surface area contributed by atoms with Crippen LogP contribution in [0, 0.1) is 5.92 Å². The van der Waals surface area contributed by atoms with Crippen molar-refractivity contribution >= 4 is 18.3 Å². The summed E-state index contributed by atoms with van der Waals surface area (Å²) in [6.07, 6.45) is 2.02. The van der Waals surface area contributed by atoms with E-state index in [0.717, 1.165) is 25.9 Å². The van der Waals surface area contributed by atoms with Crippen molar-refractivity contribution in [3.05, 3.63) is 0 Å². The van der Waals surface area contributed by atoms with Crippen molar-refractivity contribution < 1.29 is 9.53 Å². The van der Waals surface area contributed by atoms with Crippen LogP contribution < -0.4 is 10.6 Å². The van der Waals surface area contributed by atoms with Gasteiger partial charge in [-0.05, 0) is 6.42 Å². The quantitative estimate of drug-likeness (QED) is 0.607. The number of carbonyl (C=O) groups excluding carboxylic acids is 1. The number of hydrogen-bond donors (Lipinski definition) is 2. The fourth-order valence-electron chi connectivity index (χ4n) is 1.31. The van der Waals surface area contributed by atoms with E-state index >= 15 is 0 Å². The first kappa shape index (κ1) is 18.1. The van der Waals surface area contributed by atoms with Crippen LogP contribution >= 0.6 is 12.4 Å². The largest absolute Gasteiger partial charge is 0.383 e. The Bertz CT molecular complexity index is 168. The van der Waals surface area contributed by atoms with Gasteiger partial charge in [-0.2, -0.15) is 0 Å². The maximum atomic E-state index is 11.5. The van der Waals surface area contributed by atoms with Gasteiger partial charge in [0.25, 0.3) is 0 Å². The smallest absolute Gasteiger partial charge is 0.222 e. The van der Waals surface area contributed by atoms with E-state index in [9.17, 15) is 4.79 Å². The molecule has 0 aromatic carbocycles. The standard InChI is InChI=1S/C11H24N2O2.ClH/c1-4-5-10(2)11(14)13-7-6-12-8-9-15-3;/h10,12H,4-9H2,1-3H3,(H,13,14);1H. The highest BCUT2D eigenvalue weighted by Crippen LogP contribution is 2.03. The molecule has 0 saturated carbocycles. The summed E-state index contributed by atoms with van der Waals surface area (Å²) in [6, 6.07) is 0. The third kappa shape index (κ3) is 10.2. The average Bonchev–Trinajstić information content (AvgIpc) is 2.23. The predicted molar refractivity (Wildman–Crippen MR) is 69.1 cm³/mol. The van der Waals surface area contributed by atoms with Gasteiger partial charge in [0, 0.05) is 32.7 Å². The molecule has 16 heavy (non-hydrogen) atoms. The minimum atomic E-state index is 0. The number of rotatable bonds is 9. The van der Waals surface area contributed by atoms with Gasteiger partial charge in [-0.25, -0.2) is 0 Å². The highest BCUT2D eigenvalue weighted by molar-refractivity contribution is 5.85. The molecule has 1 amide bonds. The molecular formula is C11H25ClN2O2. The molecule has 0 bridgehead atoms. The van der Waals surface area contributed by atoms with Crippen molar-refractivity contribution in [1.82, 2.24) is 10.6 Å². The fourth-order valence-corrected chi connectivity index (χ4v) is 1.31. The van der Waals surface area contributed by atoms with Gasteiger partial charge in [0.15, 0.2) is 0 Å². The molecule has 0 saturated heterocycles. The summed E-state index contributed by atoms with van der Waals surface area (Å²) in [7, 11) is 1.68. The lowest BCUT2D eigenvalue weighted by atomic mass is 10.1. The van der Waals surface area contributed by atoms with E-state index in [0.29, 0.717) is 13.2 Å². The summed E-state index contributed by atoms with van der Waals surface area (Å²) >= 11 is 0. The Labute approximate surface area is 105 Å². The van der Waals surface area contributed by atoms with Crippen molar-refractivity contribution in [1.29, 1.82) is 0 Å². The molecule has 0 radical (unpaired) electrons. The summed E-state index contributed by atoms with van der Waals surface area (Å²) < 4.78 is 4.89. The molecule has 0 spiro atoms. The number of nitrogens with one attached hydrogen (secondary N) is 2. The number of amides is 1. The molecule has 4 nitrogen and oxygen atoms in total. The van der Waals surface area contributed by atoms with Crippen LogP contribution in [0.25, 0.3) is 0 Å². The number of hydrogen-bond acceptors (Lipinski definition) is 3. The van der Waals surface area contributed by atoms with Crippen LogP contribution in [0.2, 0.25) is 0 Å². The average molecular weight is 253 g/mol. The van der Waals surface area contributed by atoms with E-state index in [-0.39, 0.29) is 24.2 Å². The fraction of sp³-hybridized carbons (Fsp3) is 0.909. The molecule has 5 heteroatoms. The SMILES string of the molecule is CCCC(C)C(=O)NCCNCCOC.Cl. The Balaban J connectivity index is 0. The highest BCUT2D eigenvalue weighted by atomic mass is 35.5. The van der Waals surface area contributed by atoms with Crippen molar-refractivity contribution in [2.75, 3.05) is 33.4 Å². The van der Waals surface area contributed by atoms with Gasteiger partial charge in [-0.3, -0.25) is 4.79 Å². The zero-order chi connectivity index (χ0) is 11.5. The third-order valence-electron chi connectivity index (χ3n) is 2.25. The third-order valence-corrected chi connectivity index (χ3v) is 2.25. The zero-order valence-electron chi connectivity index (χ0n) is 10.5. The van der Waals surface area contributed by atoms with Gasteiger partial charge in [0.2, 0.25) is 5.91 Å². The topological polar surface area (TPSA) is 50.4 Å². The van der Waals surface area contributed by atoms with Gasteiger partial charge < -0.3 is 15.4 Å². The Morgan fingerprint density at radius 3 is 2.56 bits per heavy atom. The molecule has 0 aromatic rings. The van der Waals surface area contributed by atoms with Crippen LogP contribution in [0.15, 0.2) is 0 Å². The van der Waals surface area contributed by atoms with Crippen molar-refractivity contribution in [2.45, 2.75) is 26.7 Å². The molecule has 98 valence electrons. The van der Waals surface area contributed by atoms with Crippen molar-refractivity contribution in [3.8, 4) is 0 Å². The van der Waals surface area contributed by atoms with Crippen LogP contribution in [0.5, 0.6) is 0 Å². The van der Waals surface area contributed by atoms with E-state index < -0.39 is 0 Å². The Kier molecular flexibility index (Phi) is 14.4. The lowest BCUT2D eigenvalue weighted by Gasteiger charge is -2.11. The summed E-state index contributed by atoms with van der Waals surface area (Å²) in [4.78, 5) is 11.5. The van der Waals surface area contributed by atoms with Gasteiger partial charge in [-0.1, -0.05) is 20.3 Å². The Morgan fingerprint density at radius 2 is 2.00 bits per heavy atom. The normalized spacial score (nSPS) is 11.7. The van der Waals surface area contributed by atoms with Gasteiger partial charge in [-0.15, -0.1) is 12.4 Å². The summed E-state index contributed by atoms with van der Waals surface area (Å²) in [6.45, 7) is 7.09. The van der Waals surface area contributed by atoms with E-state index in [1.54, 1.807) is 7.11 Å². The Morgan fingerprint density at radius 1 is 1.31 bits per heavy atom. The predicted octanol–water partition coefficient (Wildman–Crippen LogP) is 1.20. The molecule has 0 aliphatic carbocycles. The number of carbonyl (C=O) groups is 1. The first-order chi connectivity index (χ1) is 7.22. The lowest BCUT2D eigenvalue weighted by molar-refractivity contribution is -0.124.